The number of halogens is 1. The van der Waals surface area contributed by atoms with E-state index in [1.165, 1.54) is 4.90 Å². The molecule has 2 amide bonds. The average molecular weight is 319 g/mol. The van der Waals surface area contributed by atoms with Crippen LogP contribution in [0.1, 0.15) is 13.3 Å². The zero-order valence-electron chi connectivity index (χ0n) is 12.9. The van der Waals surface area contributed by atoms with Crippen molar-refractivity contribution in [3.8, 4) is 0 Å². The fourth-order valence-corrected chi connectivity index (χ4v) is 3.02. The van der Waals surface area contributed by atoms with E-state index in [4.69, 9.17) is 0 Å². The molecule has 21 heavy (non-hydrogen) atoms. The zero-order chi connectivity index (χ0) is 14.5. The summed E-state index contributed by atoms with van der Waals surface area (Å²) in [4.78, 5) is 27.4. The molecule has 0 unspecified atom stereocenters. The van der Waals surface area contributed by atoms with E-state index in [2.05, 4.69) is 15.5 Å². The second kappa shape index (κ2) is 8.56. The minimum absolute atomic E-state index is 0. The summed E-state index contributed by atoms with van der Waals surface area (Å²) in [7, 11) is 1.70. The van der Waals surface area contributed by atoms with Crippen LogP contribution in [0, 0.1) is 11.8 Å². The maximum atomic E-state index is 12.1. The van der Waals surface area contributed by atoms with Gasteiger partial charge in [-0.25, -0.2) is 0 Å². The summed E-state index contributed by atoms with van der Waals surface area (Å²) in [5, 5.41) is 6.18. The molecule has 2 atom stereocenters. The molecule has 2 rings (SSSR count). The van der Waals surface area contributed by atoms with E-state index in [1.54, 1.807) is 7.05 Å². The molecule has 0 saturated carbocycles. The van der Waals surface area contributed by atoms with Crippen LogP contribution in [-0.4, -0.2) is 74.5 Å². The molecule has 0 radical (unpaired) electrons. The van der Waals surface area contributed by atoms with Crippen LogP contribution in [0.5, 0.6) is 0 Å². The number of fused-ring (bicyclic) bond motifs is 1. The van der Waals surface area contributed by atoms with E-state index in [0.29, 0.717) is 24.9 Å². The molecule has 2 N–H and O–H groups in total. The van der Waals surface area contributed by atoms with Crippen LogP contribution in [0.2, 0.25) is 0 Å². The van der Waals surface area contributed by atoms with Crippen molar-refractivity contribution < 1.29 is 9.59 Å². The van der Waals surface area contributed by atoms with Gasteiger partial charge in [0.1, 0.15) is 0 Å². The molecule has 2 aliphatic rings. The lowest BCUT2D eigenvalue weighted by Crippen LogP contribution is -2.43. The number of likely N-dealkylation sites (N-methyl/N-ethyl adjacent to an activating group) is 1. The molecule has 0 aliphatic carbocycles. The second-order valence-electron chi connectivity index (χ2n) is 5.97. The van der Waals surface area contributed by atoms with Gasteiger partial charge in [0.05, 0.1) is 13.1 Å². The Bertz CT molecular complexity index is 355. The van der Waals surface area contributed by atoms with Crippen molar-refractivity contribution in [2.45, 2.75) is 13.3 Å². The van der Waals surface area contributed by atoms with Crippen LogP contribution in [0.25, 0.3) is 0 Å². The van der Waals surface area contributed by atoms with Crippen molar-refractivity contribution in [3.05, 3.63) is 0 Å². The summed E-state index contributed by atoms with van der Waals surface area (Å²) in [5.41, 5.74) is 0. The fourth-order valence-electron chi connectivity index (χ4n) is 3.02. The van der Waals surface area contributed by atoms with Gasteiger partial charge in [-0.1, -0.05) is 6.92 Å². The lowest BCUT2D eigenvalue weighted by Gasteiger charge is -2.21. The van der Waals surface area contributed by atoms with Gasteiger partial charge in [-0.2, -0.15) is 0 Å². The standard InChI is InChI=1S/C14H26N4O2.ClH/c1-3-4-16-13(19)9-17(2)14(20)10-18-7-11-5-15-6-12(11)8-18;/h11-12,15H,3-10H2,1-2H3,(H,16,19);1H/t11-,12+;. The van der Waals surface area contributed by atoms with Crippen LogP contribution in [0.4, 0.5) is 0 Å². The van der Waals surface area contributed by atoms with E-state index < -0.39 is 0 Å². The Balaban J connectivity index is 0.00000220. The van der Waals surface area contributed by atoms with E-state index >= 15 is 0 Å². The van der Waals surface area contributed by atoms with Gasteiger partial charge in [-0.3, -0.25) is 14.5 Å². The Hall–Kier alpha value is -0.850. The first kappa shape index (κ1) is 18.2. The largest absolute Gasteiger partial charge is 0.355 e. The number of likely N-dealkylation sites (tertiary alicyclic amines) is 1. The average Bonchev–Trinajstić information content (AvgIpc) is 2.96. The summed E-state index contributed by atoms with van der Waals surface area (Å²) in [6, 6.07) is 0. The molecule has 2 heterocycles. The molecule has 2 aliphatic heterocycles. The van der Waals surface area contributed by atoms with Crippen LogP contribution >= 0.6 is 12.4 Å². The summed E-state index contributed by atoms with van der Waals surface area (Å²) in [6.45, 7) is 7.41. The predicted molar refractivity (Wildman–Crippen MR) is 84.5 cm³/mol. The highest BCUT2D eigenvalue weighted by molar-refractivity contribution is 5.85. The topological polar surface area (TPSA) is 64.7 Å². The number of carbonyl (C=O) groups excluding carboxylic acids is 2. The number of nitrogens with zero attached hydrogens (tertiary/aromatic N) is 2. The highest BCUT2D eigenvalue weighted by Crippen LogP contribution is 2.25. The number of rotatable bonds is 6. The molecule has 0 aromatic rings. The smallest absolute Gasteiger partial charge is 0.239 e. The summed E-state index contributed by atoms with van der Waals surface area (Å²) < 4.78 is 0. The van der Waals surface area contributed by atoms with Gasteiger partial charge in [-0.05, 0) is 31.3 Å². The Morgan fingerprint density at radius 2 is 1.90 bits per heavy atom. The van der Waals surface area contributed by atoms with E-state index in [9.17, 15) is 9.59 Å². The second-order valence-corrected chi connectivity index (χ2v) is 5.97. The lowest BCUT2D eigenvalue weighted by molar-refractivity contribution is -0.135. The van der Waals surface area contributed by atoms with Gasteiger partial charge in [0.25, 0.3) is 0 Å². The van der Waals surface area contributed by atoms with E-state index in [-0.39, 0.29) is 30.8 Å². The third-order valence-corrected chi connectivity index (χ3v) is 4.20. The Labute approximate surface area is 133 Å². The summed E-state index contributed by atoms with van der Waals surface area (Å²) in [5.74, 6) is 1.34. The molecule has 2 saturated heterocycles. The molecule has 0 aromatic carbocycles. The van der Waals surface area contributed by atoms with Gasteiger partial charge in [0.15, 0.2) is 0 Å². The first-order valence-corrected chi connectivity index (χ1v) is 7.54. The molecule has 0 spiro atoms. The Morgan fingerprint density at radius 3 is 2.48 bits per heavy atom. The van der Waals surface area contributed by atoms with E-state index in [1.807, 2.05) is 6.92 Å². The zero-order valence-corrected chi connectivity index (χ0v) is 13.7. The number of amides is 2. The first-order chi connectivity index (χ1) is 9.60. The number of hydrogen-bond acceptors (Lipinski definition) is 4. The predicted octanol–water partition coefficient (Wildman–Crippen LogP) is -0.456. The minimum Gasteiger partial charge on any atom is -0.355 e. The van der Waals surface area contributed by atoms with Gasteiger partial charge < -0.3 is 15.5 Å². The van der Waals surface area contributed by atoms with Gasteiger partial charge in [0, 0.05) is 26.7 Å². The van der Waals surface area contributed by atoms with Crippen molar-refractivity contribution in [1.82, 2.24) is 20.4 Å². The number of hydrogen-bond donors (Lipinski definition) is 2. The SMILES string of the molecule is CCCNC(=O)CN(C)C(=O)CN1C[C@H]2CNC[C@H]2C1.Cl. The van der Waals surface area contributed by atoms with Crippen LogP contribution < -0.4 is 10.6 Å². The molecule has 7 heteroatoms. The van der Waals surface area contributed by atoms with Crippen LogP contribution in [-0.2, 0) is 9.59 Å². The van der Waals surface area contributed by atoms with Crippen molar-refractivity contribution in [2.75, 3.05) is 52.9 Å². The highest BCUT2D eigenvalue weighted by atomic mass is 35.5. The molecule has 0 bridgehead atoms. The third-order valence-electron chi connectivity index (χ3n) is 4.20. The highest BCUT2D eigenvalue weighted by Gasteiger charge is 2.36. The van der Waals surface area contributed by atoms with Crippen LogP contribution in [0.3, 0.4) is 0 Å². The molecular formula is C14H27ClN4O2. The molecule has 2 fully saturated rings. The normalized spacial score (nSPS) is 24.3. The maximum absolute atomic E-state index is 12.1. The fraction of sp³-hybridized carbons (Fsp3) is 0.857. The van der Waals surface area contributed by atoms with Gasteiger partial charge >= 0.3 is 0 Å². The first-order valence-electron chi connectivity index (χ1n) is 7.54. The Kier molecular flexibility index (Phi) is 7.42. The lowest BCUT2D eigenvalue weighted by atomic mass is 10.0. The maximum Gasteiger partial charge on any atom is 0.239 e. The number of carbonyl (C=O) groups is 2. The van der Waals surface area contributed by atoms with Gasteiger partial charge in [-0.15, -0.1) is 12.4 Å². The molecule has 6 nitrogen and oxygen atoms in total. The summed E-state index contributed by atoms with van der Waals surface area (Å²) in [6.07, 6.45) is 0.911. The van der Waals surface area contributed by atoms with Crippen molar-refractivity contribution in [1.29, 1.82) is 0 Å². The Morgan fingerprint density at radius 1 is 1.29 bits per heavy atom. The van der Waals surface area contributed by atoms with Crippen molar-refractivity contribution in [3.63, 3.8) is 0 Å². The van der Waals surface area contributed by atoms with Crippen molar-refractivity contribution >= 4 is 24.2 Å². The quantitative estimate of drug-likeness (QED) is 0.696. The number of nitrogens with one attached hydrogen (secondary N) is 2. The molecule has 122 valence electrons. The van der Waals surface area contributed by atoms with Crippen LogP contribution in [0.15, 0.2) is 0 Å². The molecular weight excluding hydrogens is 292 g/mol. The van der Waals surface area contributed by atoms with Gasteiger partial charge in [0.2, 0.25) is 11.8 Å². The molecule has 0 aromatic heterocycles. The minimum atomic E-state index is -0.0785. The van der Waals surface area contributed by atoms with E-state index in [0.717, 1.165) is 32.6 Å². The monoisotopic (exact) mass is 318 g/mol. The third kappa shape index (κ3) is 5.13. The summed E-state index contributed by atoms with van der Waals surface area (Å²) >= 11 is 0. The van der Waals surface area contributed by atoms with Crippen molar-refractivity contribution in [2.24, 2.45) is 11.8 Å².